The van der Waals surface area contributed by atoms with Crippen molar-refractivity contribution < 1.29 is 9.53 Å². The molecule has 1 atom stereocenters. The third-order valence-corrected chi connectivity index (χ3v) is 5.35. The Bertz CT molecular complexity index is 829. The Kier molecular flexibility index (Phi) is 5.58. The summed E-state index contributed by atoms with van der Waals surface area (Å²) in [6.45, 7) is 2.33. The molecule has 2 amide bonds. The zero-order valence-electron chi connectivity index (χ0n) is 16.2. The van der Waals surface area contributed by atoms with E-state index in [1.165, 1.54) is 6.42 Å². The molecule has 0 aromatic heterocycles. The first-order valence-electron chi connectivity index (χ1n) is 9.85. The zero-order chi connectivity index (χ0) is 19.3. The number of nitrogens with zero attached hydrogens (tertiary/aromatic N) is 3. The maximum absolute atomic E-state index is 12.8. The highest BCUT2D eigenvalue weighted by atomic mass is 16.5. The maximum atomic E-state index is 12.8. The van der Waals surface area contributed by atoms with E-state index in [0.29, 0.717) is 6.54 Å². The summed E-state index contributed by atoms with van der Waals surface area (Å²) in [7, 11) is 1.65. The van der Waals surface area contributed by atoms with Gasteiger partial charge in [-0.2, -0.15) is 5.10 Å². The number of urea groups is 1. The fourth-order valence-corrected chi connectivity index (χ4v) is 3.80. The van der Waals surface area contributed by atoms with Crippen LogP contribution in [0.4, 0.5) is 4.79 Å². The van der Waals surface area contributed by atoms with Crippen LogP contribution in [0.3, 0.4) is 0 Å². The molecule has 6 nitrogen and oxygen atoms in total. The summed E-state index contributed by atoms with van der Waals surface area (Å²) in [5.74, 6) is 0.847. The lowest BCUT2D eigenvalue weighted by Crippen LogP contribution is -2.49. The Balaban J connectivity index is 1.58. The maximum Gasteiger partial charge on any atom is 0.352 e. The molecule has 6 heteroatoms. The van der Waals surface area contributed by atoms with Gasteiger partial charge in [-0.05, 0) is 48.2 Å². The normalized spacial score (nSPS) is 20.0. The minimum absolute atomic E-state index is 0.0432. The van der Waals surface area contributed by atoms with Crippen LogP contribution >= 0.6 is 0 Å². The van der Waals surface area contributed by atoms with E-state index in [1.807, 2.05) is 47.5 Å². The smallest absolute Gasteiger partial charge is 0.352 e. The molecule has 2 aromatic carbocycles. The molecule has 0 spiro atoms. The highest BCUT2D eigenvalue weighted by molar-refractivity contribution is 6.07. The number of rotatable bonds is 4. The first-order valence-corrected chi connectivity index (χ1v) is 9.85. The lowest BCUT2D eigenvalue weighted by Gasteiger charge is -2.28. The van der Waals surface area contributed by atoms with Gasteiger partial charge in [0, 0.05) is 19.0 Å². The van der Waals surface area contributed by atoms with Crippen molar-refractivity contribution in [2.45, 2.75) is 25.2 Å². The van der Waals surface area contributed by atoms with Crippen LogP contribution in [-0.2, 0) is 0 Å². The number of hydrazine groups is 1. The molecule has 1 N–H and O–H groups in total. The minimum Gasteiger partial charge on any atom is -0.497 e. The predicted molar refractivity (Wildman–Crippen MR) is 109 cm³/mol. The lowest BCUT2D eigenvalue weighted by atomic mass is 9.90. The quantitative estimate of drug-likeness (QED) is 0.884. The molecular formula is C22H26N4O2. The van der Waals surface area contributed by atoms with Crippen LogP contribution in [0.2, 0.25) is 0 Å². The minimum atomic E-state index is -0.161. The highest BCUT2D eigenvalue weighted by Gasteiger charge is 2.32. The molecular weight excluding hydrogens is 352 g/mol. The fraction of sp³-hybridized carbons (Fsp3) is 0.364. The molecule has 2 aromatic rings. The summed E-state index contributed by atoms with van der Waals surface area (Å²) in [6, 6.07) is 17.9. The summed E-state index contributed by atoms with van der Waals surface area (Å²) in [6.07, 6.45) is 3.46. The number of benzene rings is 2. The number of hydrazone groups is 1. The third kappa shape index (κ3) is 4.02. The van der Waals surface area contributed by atoms with Gasteiger partial charge in [-0.3, -0.25) is 5.43 Å². The van der Waals surface area contributed by atoms with Crippen LogP contribution in [0.5, 0.6) is 5.75 Å². The number of carbonyl (C=O) groups excluding carboxylic acids is 1. The first-order chi connectivity index (χ1) is 13.7. The Hall–Kier alpha value is -2.86. The molecule has 1 unspecified atom stereocenters. The van der Waals surface area contributed by atoms with Crippen molar-refractivity contribution in [3.05, 3.63) is 65.7 Å². The van der Waals surface area contributed by atoms with Crippen LogP contribution in [0.25, 0.3) is 0 Å². The second kappa shape index (κ2) is 8.44. The fourth-order valence-electron chi connectivity index (χ4n) is 3.80. The van der Waals surface area contributed by atoms with Gasteiger partial charge in [-0.25, -0.2) is 14.8 Å². The standard InChI is InChI=1S/C22H26N4O2/c1-28-19-12-10-18(11-13-19)21-20(17-8-4-2-5-9-17)16-26(23-21)22(27)24-25-14-6-3-7-15-25/h2,4-5,8-13,20H,3,6-7,14-16H2,1H3,(H,24,27). The topological polar surface area (TPSA) is 57.2 Å². The number of hydrogen-bond donors (Lipinski definition) is 1. The SMILES string of the molecule is COc1ccc(C2=NN(C(=O)NN3CCCCC3)CC2c2ccccc2)cc1. The monoisotopic (exact) mass is 378 g/mol. The number of hydrogen-bond acceptors (Lipinski definition) is 4. The number of piperidine rings is 1. The molecule has 0 aliphatic carbocycles. The molecule has 0 bridgehead atoms. The Morgan fingerprint density at radius 3 is 2.43 bits per heavy atom. The largest absolute Gasteiger partial charge is 0.497 e. The second-order valence-corrected chi connectivity index (χ2v) is 7.22. The third-order valence-electron chi connectivity index (χ3n) is 5.35. The number of nitrogens with one attached hydrogen (secondary N) is 1. The van der Waals surface area contributed by atoms with Crippen molar-refractivity contribution in [3.63, 3.8) is 0 Å². The van der Waals surface area contributed by atoms with E-state index in [4.69, 9.17) is 9.84 Å². The van der Waals surface area contributed by atoms with E-state index in [1.54, 1.807) is 12.1 Å². The van der Waals surface area contributed by atoms with Crippen LogP contribution in [0.15, 0.2) is 59.7 Å². The van der Waals surface area contributed by atoms with Gasteiger partial charge in [0.05, 0.1) is 19.4 Å². The summed E-state index contributed by atoms with van der Waals surface area (Å²) in [4.78, 5) is 12.8. The number of carbonyl (C=O) groups is 1. The van der Waals surface area contributed by atoms with E-state index in [0.717, 1.165) is 48.5 Å². The molecule has 0 radical (unpaired) electrons. The summed E-state index contributed by atoms with van der Waals surface area (Å²) in [5, 5.41) is 8.27. The average molecular weight is 378 g/mol. The van der Waals surface area contributed by atoms with Crippen molar-refractivity contribution in [1.29, 1.82) is 0 Å². The summed E-state index contributed by atoms with van der Waals surface area (Å²) in [5.41, 5.74) is 6.08. The average Bonchev–Trinajstić information content (AvgIpc) is 3.21. The van der Waals surface area contributed by atoms with Gasteiger partial charge in [-0.15, -0.1) is 0 Å². The van der Waals surface area contributed by atoms with Crippen LogP contribution < -0.4 is 10.2 Å². The number of amides is 2. The summed E-state index contributed by atoms with van der Waals surface area (Å²) >= 11 is 0. The van der Waals surface area contributed by atoms with E-state index in [-0.39, 0.29) is 11.9 Å². The highest BCUT2D eigenvalue weighted by Crippen LogP contribution is 2.29. The van der Waals surface area contributed by atoms with E-state index < -0.39 is 0 Å². The molecule has 2 aliphatic heterocycles. The molecule has 28 heavy (non-hydrogen) atoms. The molecule has 1 fully saturated rings. The van der Waals surface area contributed by atoms with E-state index in [2.05, 4.69) is 17.6 Å². The number of ether oxygens (including phenoxy) is 1. The van der Waals surface area contributed by atoms with Gasteiger partial charge >= 0.3 is 6.03 Å². The van der Waals surface area contributed by atoms with Crippen molar-refractivity contribution in [2.24, 2.45) is 5.10 Å². The molecule has 0 saturated carbocycles. The molecule has 2 heterocycles. The Morgan fingerprint density at radius 2 is 1.75 bits per heavy atom. The van der Waals surface area contributed by atoms with Gasteiger partial charge < -0.3 is 4.74 Å². The van der Waals surface area contributed by atoms with Crippen molar-refractivity contribution in [2.75, 3.05) is 26.7 Å². The van der Waals surface area contributed by atoms with E-state index >= 15 is 0 Å². The van der Waals surface area contributed by atoms with Crippen molar-refractivity contribution >= 4 is 11.7 Å². The van der Waals surface area contributed by atoms with Crippen molar-refractivity contribution in [1.82, 2.24) is 15.4 Å². The van der Waals surface area contributed by atoms with E-state index in [9.17, 15) is 4.79 Å². The lowest BCUT2D eigenvalue weighted by molar-refractivity contribution is 0.133. The molecule has 1 saturated heterocycles. The van der Waals surface area contributed by atoms with Crippen LogP contribution in [0.1, 0.15) is 36.3 Å². The van der Waals surface area contributed by atoms with Crippen LogP contribution in [0, 0.1) is 0 Å². The molecule has 146 valence electrons. The zero-order valence-corrected chi connectivity index (χ0v) is 16.2. The van der Waals surface area contributed by atoms with Gasteiger partial charge in [0.1, 0.15) is 5.75 Å². The summed E-state index contributed by atoms with van der Waals surface area (Å²) < 4.78 is 5.27. The molecule has 4 rings (SSSR count). The van der Waals surface area contributed by atoms with Crippen molar-refractivity contribution in [3.8, 4) is 5.75 Å². The Labute approximate surface area is 165 Å². The van der Waals surface area contributed by atoms with Gasteiger partial charge in [0.2, 0.25) is 0 Å². The number of methoxy groups -OCH3 is 1. The molecule has 2 aliphatic rings. The van der Waals surface area contributed by atoms with Gasteiger partial charge in [0.25, 0.3) is 0 Å². The predicted octanol–water partition coefficient (Wildman–Crippen LogP) is 3.61. The Morgan fingerprint density at radius 1 is 1.04 bits per heavy atom. The van der Waals surface area contributed by atoms with Gasteiger partial charge in [0.15, 0.2) is 0 Å². The second-order valence-electron chi connectivity index (χ2n) is 7.22. The first kappa shape index (κ1) is 18.5. The van der Waals surface area contributed by atoms with Gasteiger partial charge in [-0.1, -0.05) is 36.8 Å². The van der Waals surface area contributed by atoms with Crippen LogP contribution in [-0.4, -0.2) is 48.5 Å².